The van der Waals surface area contributed by atoms with Crippen LogP contribution in [-0.4, -0.2) is 28.6 Å². The van der Waals surface area contributed by atoms with Crippen molar-refractivity contribution >= 4 is 41.3 Å². The van der Waals surface area contributed by atoms with E-state index in [1.165, 1.54) is 0 Å². The van der Waals surface area contributed by atoms with Gasteiger partial charge in [-0.05, 0) is 56.2 Å². The van der Waals surface area contributed by atoms with Crippen LogP contribution >= 0.6 is 24.0 Å². The predicted octanol–water partition coefficient (Wildman–Crippen LogP) is 4.91. The van der Waals surface area contributed by atoms with E-state index in [0.29, 0.717) is 18.7 Å². The second-order valence-corrected chi connectivity index (χ2v) is 8.74. The lowest BCUT2D eigenvalue weighted by molar-refractivity contribution is 0.0954. The van der Waals surface area contributed by atoms with Gasteiger partial charge in [0.25, 0.3) is 5.91 Å². The minimum Gasteiger partial charge on any atom is -0.494 e. The second-order valence-electron chi connectivity index (χ2n) is 7.27. The van der Waals surface area contributed by atoms with E-state index in [1.54, 1.807) is 17.5 Å². The Kier molecular flexibility index (Phi) is 6.67. The van der Waals surface area contributed by atoms with Gasteiger partial charge < -0.3 is 19.9 Å². The van der Waals surface area contributed by atoms with E-state index in [0.717, 1.165) is 46.4 Å². The normalized spacial score (nSPS) is 15.1. The van der Waals surface area contributed by atoms with Gasteiger partial charge in [0.15, 0.2) is 0 Å². The number of anilines is 1. The van der Waals surface area contributed by atoms with Crippen LogP contribution in [0.5, 0.6) is 5.75 Å². The zero-order valence-electron chi connectivity index (χ0n) is 17.6. The van der Waals surface area contributed by atoms with E-state index in [-0.39, 0.29) is 11.2 Å². The van der Waals surface area contributed by atoms with Crippen LogP contribution in [0.3, 0.4) is 0 Å². The zero-order valence-corrected chi connectivity index (χ0v) is 19.3. The van der Waals surface area contributed by atoms with Gasteiger partial charge in [0.2, 0.25) is 0 Å². The molecule has 162 valence electrons. The molecular weight excluding hydrogens is 428 g/mol. The van der Waals surface area contributed by atoms with Crippen LogP contribution in [0.25, 0.3) is 5.70 Å². The summed E-state index contributed by atoms with van der Waals surface area (Å²) >= 11 is 6.30. The summed E-state index contributed by atoms with van der Waals surface area (Å²) in [6.45, 7) is 6.01. The smallest absolute Gasteiger partial charge is 0.254 e. The molecule has 1 aromatic carbocycles. The molecule has 2 aromatic heterocycles. The Labute approximate surface area is 191 Å². The molecule has 0 saturated heterocycles. The van der Waals surface area contributed by atoms with Crippen molar-refractivity contribution in [2.24, 2.45) is 0 Å². The van der Waals surface area contributed by atoms with Gasteiger partial charge in [-0.15, -0.1) is 11.3 Å². The Balaban J connectivity index is 1.41. The fourth-order valence-corrected chi connectivity index (χ4v) is 4.97. The largest absolute Gasteiger partial charge is 0.494 e. The van der Waals surface area contributed by atoms with Crippen molar-refractivity contribution in [3.8, 4) is 5.75 Å². The summed E-state index contributed by atoms with van der Waals surface area (Å²) < 4.78 is 7.61. The number of nitrogens with one attached hydrogen (secondary N) is 2. The molecule has 3 heterocycles. The van der Waals surface area contributed by atoms with Gasteiger partial charge in [-0.25, -0.2) is 4.98 Å². The molecular formula is C23H26N4O2S2. The number of carbonyl (C=O) groups is 1. The van der Waals surface area contributed by atoms with Crippen LogP contribution in [0.1, 0.15) is 45.2 Å². The molecule has 0 bridgehead atoms. The van der Waals surface area contributed by atoms with Crippen molar-refractivity contribution in [3.63, 3.8) is 0 Å². The summed E-state index contributed by atoms with van der Waals surface area (Å²) in [6.07, 6.45) is 6.67. The van der Waals surface area contributed by atoms with E-state index in [1.807, 2.05) is 49.7 Å². The number of ether oxygens (including phenoxy) is 1. The van der Waals surface area contributed by atoms with Gasteiger partial charge in [-0.2, -0.15) is 12.6 Å². The maximum atomic E-state index is 12.8. The van der Waals surface area contributed by atoms with Crippen molar-refractivity contribution in [2.45, 2.75) is 32.1 Å². The predicted molar refractivity (Wildman–Crippen MR) is 129 cm³/mol. The topological polar surface area (TPSA) is 68.2 Å². The quantitative estimate of drug-likeness (QED) is 0.334. The molecule has 0 aliphatic carbocycles. The number of rotatable bonds is 8. The number of imidazole rings is 1. The van der Waals surface area contributed by atoms with Gasteiger partial charge in [-0.1, -0.05) is 0 Å². The molecule has 0 fully saturated rings. The number of amides is 1. The van der Waals surface area contributed by atoms with Gasteiger partial charge >= 0.3 is 0 Å². The molecule has 1 amide bonds. The lowest BCUT2D eigenvalue weighted by Gasteiger charge is -2.22. The third-order valence-electron chi connectivity index (χ3n) is 5.18. The van der Waals surface area contributed by atoms with Crippen LogP contribution < -0.4 is 15.4 Å². The summed E-state index contributed by atoms with van der Waals surface area (Å²) in [7, 11) is 0. The highest BCUT2D eigenvalue weighted by atomic mass is 32.1. The molecule has 0 spiro atoms. The fourth-order valence-electron chi connectivity index (χ4n) is 3.55. The average Bonchev–Trinajstić information content (AvgIpc) is 3.38. The summed E-state index contributed by atoms with van der Waals surface area (Å²) in [4.78, 5) is 18.1. The van der Waals surface area contributed by atoms with E-state index >= 15 is 0 Å². The zero-order chi connectivity index (χ0) is 21.8. The minimum atomic E-state index is -0.0687. The SMILES string of the molecule is CCOc1ccc(C2=CC(S)c3scc(C(=O)NCCCn4ccnc4C)c3N2)cc1. The third-order valence-corrected chi connectivity index (χ3v) is 6.83. The van der Waals surface area contributed by atoms with Crippen LogP contribution in [0.15, 0.2) is 48.1 Å². The lowest BCUT2D eigenvalue weighted by Crippen LogP contribution is -2.26. The van der Waals surface area contributed by atoms with Crippen LogP contribution in [0.4, 0.5) is 5.69 Å². The number of thiol groups is 1. The lowest BCUT2D eigenvalue weighted by atomic mass is 10.0. The Morgan fingerprint density at radius 1 is 1.35 bits per heavy atom. The Morgan fingerprint density at radius 2 is 2.16 bits per heavy atom. The maximum Gasteiger partial charge on any atom is 0.254 e. The minimum absolute atomic E-state index is 0.0615. The number of nitrogens with zero attached hydrogens (tertiary/aromatic N) is 2. The number of benzene rings is 1. The highest BCUT2D eigenvalue weighted by molar-refractivity contribution is 7.81. The summed E-state index contributed by atoms with van der Waals surface area (Å²) in [6, 6.07) is 7.93. The van der Waals surface area contributed by atoms with Crippen molar-refractivity contribution in [1.82, 2.24) is 14.9 Å². The molecule has 1 atom stereocenters. The van der Waals surface area contributed by atoms with E-state index in [9.17, 15) is 4.79 Å². The third kappa shape index (κ3) is 4.80. The van der Waals surface area contributed by atoms with Crippen molar-refractivity contribution in [1.29, 1.82) is 0 Å². The molecule has 3 aromatic rings. The molecule has 6 nitrogen and oxygen atoms in total. The standard InChI is InChI=1S/C23H26N4O2S2/c1-3-29-17-7-5-16(6-8-17)19-13-20(30)22-21(26-19)18(14-31-22)23(28)25-9-4-11-27-12-10-24-15(27)2/h5-8,10,12-14,20,26,30H,3-4,9,11H2,1-2H3,(H,25,28). The van der Waals surface area contributed by atoms with Crippen molar-refractivity contribution in [3.05, 3.63) is 69.9 Å². The van der Waals surface area contributed by atoms with Gasteiger partial charge in [0, 0.05) is 41.4 Å². The van der Waals surface area contributed by atoms with Crippen LogP contribution in [0, 0.1) is 6.92 Å². The Morgan fingerprint density at radius 3 is 2.87 bits per heavy atom. The first-order valence-corrected chi connectivity index (χ1v) is 11.7. The number of aromatic nitrogens is 2. The van der Waals surface area contributed by atoms with Crippen molar-refractivity contribution < 1.29 is 9.53 Å². The molecule has 0 radical (unpaired) electrons. The average molecular weight is 455 g/mol. The van der Waals surface area contributed by atoms with Crippen LogP contribution in [-0.2, 0) is 6.54 Å². The number of hydrogen-bond acceptors (Lipinski definition) is 6. The summed E-state index contributed by atoms with van der Waals surface area (Å²) in [5, 5.41) is 8.34. The van der Waals surface area contributed by atoms with E-state index in [2.05, 4.69) is 26.3 Å². The highest BCUT2D eigenvalue weighted by Crippen LogP contribution is 2.43. The molecule has 1 aliphatic heterocycles. The van der Waals surface area contributed by atoms with Gasteiger partial charge in [0.1, 0.15) is 11.6 Å². The van der Waals surface area contributed by atoms with E-state index in [4.69, 9.17) is 17.4 Å². The van der Waals surface area contributed by atoms with Crippen LogP contribution in [0.2, 0.25) is 0 Å². The first-order chi connectivity index (χ1) is 15.1. The van der Waals surface area contributed by atoms with E-state index < -0.39 is 0 Å². The number of thiophene rings is 1. The number of carbonyl (C=O) groups excluding carboxylic acids is 1. The molecule has 4 rings (SSSR count). The summed E-state index contributed by atoms with van der Waals surface area (Å²) in [5.74, 6) is 1.75. The Bertz CT molecular complexity index is 1090. The maximum absolute atomic E-state index is 12.8. The molecule has 31 heavy (non-hydrogen) atoms. The van der Waals surface area contributed by atoms with Gasteiger partial charge in [-0.3, -0.25) is 4.79 Å². The molecule has 1 aliphatic rings. The molecule has 1 unspecified atom stereocenters. The number of aryl methyl sites for hydroxylation is 2. The van der Waals surface area contributed by atoms with Crippen molar-refractivity contribution in [2.75, 3.05) is 18.5 Å². The number of fused-ring (bicyclic) bond motifs is 1. The molecule has 0 saturated carbocycles. The molecule has 2 N–H and O–H groups in total. The summed E-state index contributed by atoms with van der Waals surface area (Å²) in [5.41, 5.74) is 3.48. The fraction of sp³-hybridized carbons (Fsp3) is 0.304. The highest BCUT2D eigenvalue weighted by Gasteiger charge is 2.25. The van der Waals surface area contributed by atoms with Gasteiger partial charge in [0.05, 0.1) is 23.1 Å². The first-order valence-electron chi connectivity index (χ1n) is 10.3. The second kappa shape index (κ2) is 9.62. The molecule has 8 heteroatoms. The number of hydrogen-bond donors (Lipinski definition) is 3. The first kappa shape index (κ1) is 21.5. The Hall–Kier alpha value is -2.71. The monoisotopic (exact) mass is 454 g/mol.